The summed E-state index contributed by atoms with van der Waals surface area (Å²) >= 11 is 0. The standard InChI is InChI=1S/C25H32N2O3/c1-5-30-22-11-9-20(10-12-22)24(28)21-13-15-27(16-14-21)19(4)25(29)26-23-17(2)7-6-8-18(23)3/h6-12,19,21H,5,13-16H2,1-4H3,(H,26,29)/t19-/m0/s1. The molecule has 0 spiro atoms. The third-order valence-corrected chi connectivity index (χ3v) is 6.01. The maximum atomic E-state index is 12.9. The predicted molar refractivity (Wildman–Crippen MR) is 120 cm³/mol. The lowest BCUT2D eigenvalue weighted by Crippen LogP contribution is -2.47. The maximum absolute atomic E-state index is 12.9. The molecule has 1 atom stereocenters. The van der Waals surface area contributed by atoms with Gasteiger partial charge in [-0.3, -0.25) is 14.5 Å². The van der Waals surface area contributed by atoms with E-state index in [-0.39, 0.29) is 23.7 Å². The highest BCUT2D eigenvalue weighted by molar-refractivity contribution is 5.98. The van der Waals surface area contributed by atoms with Gasteiger partial charge in [-0.1, -0.05) is 18.2 Å². The number of aryl methyl sites for hydroxylation is 2. The molecule has 1 aliphatic heterocycles. The average molecular weight is 409 g/mol. The van der Waals surface area contributed by atoms with Crippen LogP contribution in [0, 0.1) is 19.8 Å². The number of amides is 1. The quantitative estimate of drug-likeness (QED) is 0.679. The first-order valence-corrected chi connectivity index (χ1v) is 10.8. The van der Waals surface area contributed by atoms with Crippen LogP contribution in [0.2, 0.25) is 0 Å². The second-order valence-electron chi connectivity index (χ2n) is 8.06. The molecule has 30 heavy (non-hydrogen) atoms. The van der Waals surface area contributed by atoms with E-state index in [9.17, 15) is 9.59 Å². The lowest BCUT2D eigenvalue weighted by Gasteiger charge is -2.35. The van der Waals surface area contributed by atoms with Gasteiger partial charge in [0, 0.05) is 17.2 Å². The molecule has 0 unspecified atom stereocenters. The largest absolute Gasteiger partial charge is 0.494 e. The van der Waals surface area contributed by atoms with E-state index < -0.39 is 0 Å². The Hall–Kier alpha value is -2.66. The molecule has 2 aromatic carbocycles. The fourth-order valence-corrected chi connectivity index (χ4v) is 4.07. The molecule has 5 nitrogen and oxygen atoms in total. The number of benzene rings is 2. The molecule has 2 aromatic rings. The lowest BCUT2D eigenvalue weighted by molar-refractivity contribution is -0.121. The van der Waals surface area contributed by atoms with Crippen molar-refractivity contribution in [2.24, 2.45) is 5.92 Å². The first kappa shape index (κ1) is 22.0. The van der Waals surface area contributed by atoms with Gasteiger partial charge in [0.25, 0.3) is 0 Å². The first-order chi connectivity index (χ1) is 14.4. The summed E-state index contributed by atoms with van der Waals surface area (Å²) in [7, 11) is 0. The number of ether oxygens (including phenoxy) is 1. The summed E-state index contributed by atoms with van der Waals surface area (Å²) in [5.74, 6) is 0.981. The SMILES string of the molecule is CCOc1ccc(C(=O)C2CCN([C@@H](C)C(=O)Nc3c(C)cccc3C)CC2)cc1. The van der Waals surface area contributed by atoms with E-state index in [1.165, 1.54) is 0 Å². The van der Waals surface area contributed by atoms with E-state index in [1.54, 1.807) is 0 Å². The molecule has 1 amide bonds. The smallest absolute Gasteiger partial charge is 0.241 e. The number of hydrogen-bond acceptors (Lipinski definition) is 4. The second-order valence-corrected chi connectivity index (χ2v) is 8.06. The summed E-state index contributed by atoms with van der Waals surface area (Å²) in [5.41, 5.74) is 3.76. The molecule has 0 aliphatic carbocycles. The number of likely N-dealkylation sites (tertiary alicyclic amines) is 1. The summed E-state index contributed by atoms with van der Waals surface area (Å²) < 4.78 is 5.45. The monoisotopic (exact) mass is 408 g/mol. The summed E-state index contributed by atoms with van der Waals surface area (Å²) in [5, 5.41) is 3.09. The molecule has 160 valence electrons. The van der Waals surface area contributed by atoms with E-state index in [2.05, 4.69) is 10.2 Å². The van der Waals surface area contributed by atoms with Crippen molar-refractivity contribution in [3.8, 4) is 5.75 Å². The van der Waals surface area contributed by atoms with Crippen molar-refractivity contribution in [2.45, 2.75) is 46.6 Å². The number of nitrogens with zero attached hydrogens (tertiary/aromatic N) is 1. The third kappa shape index (κ3) is 5.08. The number of piperidine rings is 1. The van der Waals surface area contributed by atoms with Crippen molar-refractivity contribution in [2.75, 3.05) is 25.0 Å². The number of carbonyl (C=O) groups excluding carboxylic acids is 2. The summed E-state index contributed by atoms with van der Waals surface area (Å²) in [6.45, 7) is 9.99. The van der Waals surface area contributed by atoms with Crippen molar-refractivity contribution in [3.63, 3.8) is 0 Å². The van der Waals surface area contributed by atoms with Crippen molar-refractivity contribution < 1.29 is 14.3 Å². The van der Waals surface area contributed by atoms with Crippen LogP contribution in [0.5, 0.6) is 5.75 Å². The Kier molecular flexibility index (Phi) is 7.27. The third-order valence-electron chi connectivity index (χ3n) is 6.01. The van der Waals surface area contributed by atoms with Crippen molar-refractivity contribution in [1.82, 2.24) is 4.90 Å². The van der Waals surface area contributed by atoms with Gasteiger partial charge in [-0.05, 0) is 89.0 Å². The minimum atomic E-state index is -0.231. The van der Waals surface area contributed by atoms with Gasteiger partial charge < -0.3 is 10.1 Å². The van der Waals surface area contributed by atoms with Crippen LogP contribution < -0.4 is 10.1 Å². The van der Waals surface area contributed by atoms with Crippen LogP contribution in [0.15, 0.2) is 42.5 Å². The van der Waals surface area contributed by atoms with Gasteiger partial charge in [0.15, 0.2) is 5.78 Å². The molecular weight excluding hydrogens is 376 g/mol. The van der Waals surface area contributed by atoms with E-state index in [0.29, 0.717) is 6.61 Å². The Morgan fingerprint density at radius 2 is 1.67 bits per heavy atom. The number of ketones is 1. The zero-order chi connectivity index (χ0) is 21.7. The number of nitrogens with one attached hydrogen (secondary N) is 1. The van der Waals surface area contributed by atoms with Gasteiger partial charge in [0.05, 0.1) is 12.6 Å². The Balaban J connectivity index is 1.55. The minimum absolute atomic E-state index is 0.00342. The molecule has 5 heteroatoms. The fourth-order valence-electron chi connectivity index (χ4n) is 4.07. The molecule has 0 saturated carbocycles. The number of Topliss-reactive ketones (excluding diaryl/α,β-unsaturated/α-hetero) is 1. The van der Waals surface area contributed by atoms with Crippen LogP contribution >= 0.6 is 0 Å². The van der Waals surface area contributed by atoms with Crippen molar-refractivity contribution >= 4 is 17.4 Å². The highest BCUT2D eigenvalue weighted by Gasteiger charge is 2.30. The Morgan fingerprint density at radius 1 is 1.07 bits per heavy atom. The van der Waals surface area contributed by atoms with E-state index in [4.69, 9.17) is 4.74 Å². The van der Waals surface area contributed by atoms with Crippen LogP contribution in [0.25, 0.3) is 0 Å². The Bertz CT molecular complexity index is 864. The van der Waals surface area contributed by atoms with Gasteiger partial charge in [-0.2, -0.15) is 0 Å². The highest BCUT2D eigenvalue weighted by atomic mass is 16.5. The minimum Gasteiger partial charge on any atom is -0.494 e. The molecule has 1 fully saturated rings. The fraction of sp³-hybridized carbons (Fsp3) is 0.440. The van der Waals surface area contributed by atoms with E-state index in [1.807, 2.05) is 70.2 Å². The zero-order valence-corrected chi connectivity index (χ0v) is 18.4. The van der Waals surface area contributed by atoms with Crippen molar-refractivity contribution in [3.05, 3.63) is 59.2 Å². The van der Waals surface area contributed by atoms with Gasteiger partial charge >= 0.3 is 0 Å². The average Bonchev–Trinajstić information content (AvgIpc) is 2.76. The van der Waals surface area contributed by atoms with Crippen LogP contribution in [0.1, 0.15) is 48.2 Å². The summed E-state index contributed by atoms with van der Waals surface area (Å²) in [6, 6.07) is 13.2. The maximum Gasteiger partial charge on any atom is 0.241 e. The van der Waals surface area contributed by atoms with Crippen molar-refractivity contribution in [1.29, 1.82) is 0 Å². The molecular formula is C25H32N2O3. The highest BCUT2D eigenvalue weighted by Crippen LogP contribution is 2.25. The van der Waals surface area contributed by atoms with Crippen LogP contribution in [-0.4, -0.2) is 42.3 Å². The Labute approximate surface area is 179 Å². The van der Waals surface area contributed by atoms with Gasteiger partial charge in [0.2, 0.25) is 5.91 Å². The lowest BCUT2D eigenvalue weighted by atomic mass is 9.88. The molecule has 0 aromatic heterocycles. The topological polar surface area (TPSA) is 58.6 Å². The van der Waals surface area contributed by atoms with Crippen LogP contribution in [-0.2, 0) is 4.79 Å². The zero-order valence-electron chi connectivity index (χ0n) is 18.4. The van der Waals surface area contributed by atoms with E-state index >= 15 is 0 Å². The number of rotatable bonds is 7. The molecule has 0 radical (unpaired) electrons. The molecule has 0 bridgehead atoms. The Morgan fingerprint density at radius 3 is 2.23 bits per heavy atom. The molecule has 1 aliphatic rings. The molecule has 3 rings (SSSR count). The van der Waals surface area contributed by atoms with Gasteiger partial charge in [-0.15, -0.1) is 0 Å². The van der Waals surface area contributed by atoms with Gasteiger partial charge in [-0.25, -0.2) is 0 Å². The molecule has 1 N–H and O–H groups in total. The number of carbonyl (C=O) groups is 2. The first-order valence-electron chi connectivity index (χ1n) is 10.8. The summed E-state index contributed by atoms with van der Waals surface area (Å²) in [6.07, 6.45) is 1.54. The van der Waals surface area contributed by atoms with Gasteiger partial charge in [0.1, 0.15) is 5.75 Å². The van der Waals surface area contributed by atoms with Crippen LogP contribution in [0.4, 0.5) is 5.69 Å². The number of anilines is 1. The van der Waals surface area contributed by atoms with Crippen LogP contribution in [0.3, 0.4) is 0 Å². The normalized spacial score (nSPS) is 16.1. The summed E-state index contributed by atoms with van der Waals surface area (Å²) in [4.78, 5) is 27.8. The number of hydrogen-bond donors (Lipinski definition) is 1. The second kappa shape index (κ2) is 9.90. The molecule has 1 saturated heterocycles. The predicted octanol–water partition coefficient (Wildman–Crippen LogP) is 4.62. The number of para-hydroxylation sites is 1. The molecule has 1 heterocycles. The van der Waals surface area contributed by atoms with E-state index in [0.717, 1.165) is 54.1 Å².